The molecular formula is C14H18N4O. The second-order valence-electron chi connectivity index (χ2n) is 5.01. The molecule has 1 aliphatic heterocycles. The van der Waals surface area contributed by atoms with Crippen molar-refractivity contribution < 1.29 is 4.79 Å². The molecule has 5 nitrogen and oxygen atoms in total. The van der Waals surface area contributed by atoms with Crippen LogP contribution in [0.5, 0.6) is 0 Å². The number of rotatable bonds is 2. The van der Waals surface area contributed by atoms with Gasteiger partial charge in [-0.2, -0.15) is 5.10 Å². The van der Waals surface area contributed by atoms with Gasteiger partial charge in [0, 0.05) is 25.0 Å². The van der Waals surface area contributed by atoms with Gasteiger partial charge in [-0.1, -0.05) is 18.2 Å². The molecular weight excluding hydrogens is 240 g/mol. The second-order valence-corrected chi connectivity index (χ2v) is 5.01. The van der Waals surface area contributed by atoms with Crippen LogP contribution >= 0.6 is 0 Å². The molecule has 1 saturated heterocycles. The van der Waals surface area contributed by atoms with Gasteiger partial charge < -0.3 is 10.6 Å². The van der Waals surface area contributed by atoms with Crippen molar-refractivity contribution in [3.63, 3.8) is 0 Å². The Hall–Kier alpha value is -1.88. The number of aromatic nitrogens is 2. The van der Waals surface area contributed by atoms with Crippen LogP contribution in [0.25, 0.3) is 10.9 Å². The molecule has 0 saturated carbocycles. The quantitative estimate of drug-likeness (QED) is 0.846. The summed E-state index contributed by atoms with van der Waals surface area (Å²) in [4.78, 5) is 12.3. The SMILES string of the molecule is Cn1nc(C(=O)N[C@@H]2CCCNC2)c2ccccc21. The van der Waals surface area contributed by atoms with Gasteiger partial charge in [0.2, 0.25) is 0 Å². The lowest BCUT2D eigenvalue weighted by Crippen LogP contribution is -2.45. The highest BCUT2D eigenvalue weighted by Gasteiger charge is 2.20. The predicted octanol–water partition coefficient (Wildman–Crippen LogP) is 1.06. The minimum Gasteiger partial charge on any atom is -0.347 e. The summed E-state index contributed by atoms with van der Waals surface area (Å²) in [6.45, 7) is 1.88. The lowest BCUT2D eigenvalue weighted by Gasteiger charge is -2.23. The van der Waals surface area contributed by atoms with Gasteiger partial charge in [0.15, 0.2) is 5.69 Å². The molecule has 1 aliphatic rings. The molecule has 0 unspecified atom stereocenters. The molecule has 0 bridgehead atoms. The molecule has 0 spiro atoms. The van der Waals surface area contributed by atoms with Crippen LogP contribution in [-0.4, -0.2) is 34.8 Å². The molecule has 1 amide bonds. The standard InChI is InChI=1S/C14H18N4O/c1-18-12-7-3-2-6-11(12)13(17-18)14(19)16-10-5-4-8-15-9-10/h2-3,6-7,10,15H,4-5,8-9H2,1H3,(H,16,19)/t10-/m1/s1. The Morgan fingerprint density at radius 2 is 2.32 bits per heavy atom. The van der Waals surface area contributed by atoms with Crippen LogP contribution in [0.15, 0.2) is 24.3 Å². The van der Waals surface area contributed by atoms with Crippen LogP contribution in [0, 0.1) is 0 Å². The van der Waals surface area contributed by atoms with Crippen molar-refractivity contribution in [3.8, 4) is 0 Å². The number of hydrogen-bond donors (Lipinski definition) is 2. The highest BCUT2D eigenvalue weighted by Crippen LogP contribution is 2.17. The van der Waals surface area contributed by atoms with Gasteiger partial charge >= 0.3 is 0 Å². The van der Waals surface area contributed by atoms with Crippen LogP contribution in [-0.2, 0) is 7.05 Å². The van der Waals surface area contributed by atoms with Crippen molar-refractivity contribution in [2.24, 2.45) is 7.05 Å². The third-order valence-corrected chi connectivity index (χ3v) is 3.60. The minimum absolute atomic E-state index is 0.0782. The molecule has 0 radical (unpaired) electrons. The summed E-state index contributed by atoms with van der Waals surface area (Å²) < 4.78 is 1.75. The van der Waals surface area contributed by atoms with Gasteiger partial charge in [0.25, 0.3) is 5.91 Å². The predicted molar refractivity (Wildman–Crippen MR) is 74.1 cm³/mol. The second kappa shape index (κ2) is 5.01. The normalized spacial score (nSPS) is 19.5. The van der Waals surface area contributed by atoms with E-state index in [9.17, 15) is 4.79 Å². The van der Waals surface area contributed by atoms with Crippen LogP contribution in [0.1, 0.15) is 23.3 Å². The van der Waals surface area contributed by atoms with Crippen LogP contribution in [0.2, 0.25) is 0 Å². The summed E-state index contributed by atoms with van der Waals surface area (Å²) in [6.07, 6.45) is 2.14. The Balaban J connectivity index is 1.85. The van der Waals surface area contributed by atoms with Crippen molar-refractivity contribution >= 4 is 16.8 Å². The fourth-order valence-electron chi connectivity index (χ4n) is 2.61. The van der Waals surface area contributed by atoms with Gasteiger partial charge in [-0.25, -0.2) is 0 Å². The van der Waals surface area contributed by atoms with Crippen molar-refractivity contribution in [3.05, 3.63) is 30.0 Å². The van der Waals surface area contributed by atoms with Gasteiger partial charge in [-0.05, 0) is 25.5 Å². The first-order chi connectivity index (χ1) is 9.25. The van der Waals surface area contributed by atoms with E-state index < -0.39 is 0 Å². The molecule has 5 heteroatoms. The summed E-state index contributed by atoms with van der Waals surface area (Å²) in [5.74, 6) is -0.0782. The van der Waals surface area contributed by atoms with E-state index in [4.69, 9.17) is 0 Å². The molecule has 2 heterocycles. The Morgan fingerprint density at radius 3 is 3.11 bits per heavy atom. The lowest BCUT2D eigenvalue weighted by atomic mass is 10.1. The van der Waals surface area contributed by atoms with Crippen molar-refractivity contribution in [2.75, 3.05) is 13.1 Å². The first kappa shape index (κ1) is 12.2. The maximum atomic E-state index is 12.3. The van der Waals surface area contributed by atoms with E-state index in [-0.39, 0.29) is 11.9 Å². The molecule has 3 rings (SSSR count). The van der Waals surface area contributed by atoms with Crippen molar-refractivity contribution in [2.45, 2.75) is 18.9 Å². The van der Waals surface area contributed by atoms with E-state index in [1.54, 1.807) is 4.68 Å². The average Bonchev–Trinajstić information content (AvgIpc) is 2.78. The molecule has 100 valence electrons. The van der Waals surface area contributed by atoms with Gasteiger partial charge in [0.05, 0.1) is 5.52 Å². The zero-order valence-electron chi connectivity index (χ0n) is 11.0. The molecule has 2 N–H and O–H groups in total. The minimum atomic E-state index is -0.0782. The highest BCUT2D eigenvalue weighted by molar-refractivity contribution is 6.04. The zero-order chi connectivity index (χ0) is 13.2. The number of hydrogen-bond acceptors (Lipinski definition) is 3. The number of aryl methyl sites for hydroxylation is 1. The van der Waals surface area contributed by atoms with Crippen LogP contribution < -0.4 is 10.6 Å². The summed E-state index contributed by atoms with van der Waals surface area (Å²) in [5.41, 5.74) is 1.50. The third kappa shape index (κ3) is 2.33. The van der Waals surface area contributed by atoms with E-state index in [0.717, 1.165) is 36.8 Å². The highest BCUT2D eigenvalue weighted by atomic mass is 16.2. The van der Waals surface area contributed by atoms with Crippen molar-refractivity contribution in [1.29, 1.82) is 0 Å². The van der Waals surface area contributed by atoms with E-state index in [1.165, 1.54) is 0 Å². The molecule has 1 fully saturated rings. The van der Waals surface area contributed by atoms with Crippen molar-refractivity contribution in [1.82, 2.24) is 20.4 Å². The van der Waals surface area contributed by atoms with Gasteiger partial charge in [-0.15, -0.1) is 0 Å². The number of nitrogens with zero attached hydrogens (tertiary/aromatic N) is 2. The first-order valence-corrected chi connectivity index (χ1v) is 6.69. The molecule has 1 aromatic carbocycles. The number of piperidine rings is 1. The average molecular weight is 258 g/mol. The van der Waals surface area contributed by atoms with E-state index in [1.807, 2.05) is 31.3 Å². The number of para-hydroxylation sites is 1. The fourth-order valence-corrected chi connectivity index (χ4v) is 2.61. The summed E-state index contributed by atoms with van der Waals surface area (Å²) >= 11 is 0. The Labute approximate surface area is 112 Å². The number of nitrogens with one attached hydrogen (secondary N) is 2. The van der Waals surface area contributed by atoms with E-state index in [0.29, 0.717) is 5.69 Å². The molecule has 1 atom stereocenters. The summed E-state index contributed by atoms with van der Waals surface area (Å²) in [5, 5.41) is 11.6. The monoisotopic (exact) mass is 258 g/mol. The fraction of sp³-hybridized carbons (Fsp3) is 0.429. The van der Waals surface area contributed by atoms with Gasteiger partial charge in [-0.3, -0.25) is 9.48 Å². The van der Waals surface area contributed by atoms with Gasteiger partial charge in [0.1, 0.15) is 0 Å². The number of amides is 1. The number of fused-ring (bicyclic) bond motifs is 1. The number of carbonyl (C=O) groups is 1. The third-order valence-electron chi connectivity index (χ3n) is 3.60. The molecule has 0 aliphatic carbocycles. The Kier molecular flexibility index (Phi) is 3.21. The smallest absolute Gasteiger partial charge is 0.272 e. The molecule has 19 heavy (non-hydrogen) atoms. The number of carbonyl (C=O) groups excluding carboxylic acids is 1. The lowest BCUT2D eigenvalue weighted by molar-refractivity contribution is 0.0926. The summed E-state index contributed by atoms with van der Waals surface area (Å²) in [6, 6.07) is 8.01. The van der Waals surface area contributed by atoms with Crippen LogP contribution in [0.3, 0.4) is 0 Å². The van der Waals surface area contributed by atoms with Crippen LogP contribution in [0.4, 0.5) is 0 Å². The maximum Gasteiger partial charge on any atom is 0.272 e. The zero-order valence-corrected chi connectivity index (χ0v) is 11.0. The van der Waals surface area contributed by atoms with E-state index >= 15 is 0 Å². The number of benzene rings is 1. The maximum absolute atomic E-state index is 12.3. The molecule has 2 aromatic rings. The molecule has 1 aromatic heterocycles. The topological polar surface area (TPSA) is 59.0 Å². The largest absolute Gasteiger partial charge is 0.347 e. The first-order valence-electron chi connectivity index (χ1n) is 6.69. The summed E-state index contributed by atoms with van der Waals surface area (Å²) in [7, 11) is 1.86. The Bertz CT molecular complexity index is 599. The Morgan fingerprint density at radius 1 is 1.47 bits per heavy atom. The van der Waals surface area contributed by atoms with E-state index in [2.05, 4.69) is 15.7 Å².